The number of ether oxygens (including phenoxy) is 1. The molecule has 0 aliphatic heterocycles. The Morgan fingerprint density at radius 2 is 2.17 bits per heavy atom. The Hall–Kier alpha value is -2.91. The van der Waals surface area contributed by atoms with E-state index >= 15 is 0 Å². The van der Waals surface area contributed by atoms with Gasteiger partial charge in [-0.2, -0.15) is 5.10 Å². The molecule has 0 bridgehead atoms. The van der Waals surface area contributed by atoms with Crippen molar-refractivity contribution in [3.8, 4) is 0 Å². The van der Waals surface area contributed by atoms with E-state index in [-0.39, 0.29) is 11.7 Å². The summed E-state index contributed by atoms with van der Waals surface area (Å²) in [6.07, 6.45) is 3.32. The van der Waals surface area contributed by atoms with Gasteiger partial charge in [-0.3, -0.25) is 10.00 Å². The highest BCUT2D eigenvalue weighted by atomic mass is 16.5. The molecule has 2 rings (SSSR count). The van der Waals surface area contributed by atoms with Crippen LogP contribution in [0.3, 0.4) is 0 Å². The standard InChI is InChI=1S/C14H21N7O3/c1-4-5-10-8-12(20(2)18-10)16-14(23)15-6-7-21-9-11(17-19-21)13(22)24-3/h8-9H,4-7H2,1-3H3,(H2,15,16,23). The average molecular weight is 335 g/mol. The van der Waals surface area contributed by atoms with Gasteiger partial charge in [0.05, 0.1) is 25.5 Å². The second-order valence-electron chi connectivity index (χ2n) is 5.13. The average Bonchev–Trinajstić information content (AvgIpc) is 3.14. The zero-order valence-electron chi connectivity index (χ0n) is 13.9. The van der Waals surface area contributed by atoms with Crippen LogP contribution >= 0.6 is 0 Å². The van der Waals surface area contributed by atoms with Gasteiger partial charge in [0.25, 0.3) is 0 Å². The lowest BCUT2D eigenvalue weighted by molar-refractivity contribution is 0.0594. The van der Waals surface area contributed by atoms with Gasteiger partial charge in [-0.1, -0.05) is 18.6 Å². The molecule has 2 N–H and O–H groups in total. The predicted octanol–water partition coefficient (Wildman–Crippen LogP) is 0.572. The first-order chi connectivity index (χ1) is 11.5. The van der Waals surface area contributed by atoms with E-state index in [4.69, 9.17) is 0 Å². The number of hydrogen-bond acceptors (Lipinski definition) is 6. The highest BCUT2D eigenvalue weighted by Crippen LogP contribution is 2.10. The van der Waals surface area contributed by atoms with Crippen molar-refractivity contribution in [2.75, 3.05) is 19.0 Å². The molecule has 2 aromatic heterocycles. The fourth-order valence-electron chi connectivity index (χ4n) is 2.07. The van der Waals surface area contributed by atoms with E-state index in [9.17, 15) is 9.59 Å². The van der Waals surface area contributed by atoms with Crippen LogP contribution in [0.25, 0.3) is 0 Å². The lowest BCUT2D eigenvalue weighted by Crippen LogP contribution is -2.32. The molecule has 0 radical (unpaired) electrons. The first kappa shape index (κ1) is 17.4. The maximum absolute atomic E-state index is 11.9. The minimum atomic E-state index is -0.550. The van der Waals surface area contributed by atoms with Crippen LogP contribution in [-0.2, 0) is 24.8 Å². The maximum Gasteiger partial charge on any atom is 0.360 e. The number of nitrogens with one attached hydrogen (secondary N) is 2. The number of aromatic nitrogens is 5. The lowest BCUT2D eigenvalue weighted by Gasteiger charge is -2.07. The SMILES string of the molecule is CCCc1cc(NC(=O)NCCn2cc(C(=O)OC)nn2)n(C)n1. The first-order valence-corrected chi connectivity index (χ1v) is 7.59. The number of carbonyl (C=O) groups is 2. The largest absolute Gasteiger partial charge is 0.464 e. The zero-order valence-corrected chi connectivity index (χ0v) is 13.9. The topological polar surface area (TPSA) is 116 Å². The van der Waals surface area contributed by atoms with E-state index < -0.39 is 5.97 Å². The molecule has 10 nitrogen and oxygen atoms in total. The summed E-state index contributed by atoms with van der Waals surface area (Å²) in [7, 11) is 3.05. The molecule has 0 unspecified atom stereocenters. The predicted molar refractivity (Wildman–Crippen MR) is 85.6 cm³/mol. The van der Waals surface area contributed by atoms with Crippen molar-refractivity contribution < 1.29 is 14.3 Å². The third-order valence-electron chi connectivity index (χ3n) is 3.24. The molecule has 0 aliphatic rings. The van der Waals surface area contributed by atoms with Crippen LogP contribution in [0.4, 0.5) is 10.6 Å². The molecule has 24 heavy (non-hydrogen) atoms. The quantitative estimate of drug-likeness (QED) is 0.715. The Morgan fingerprint density at radius 3 is 2.88 bits per heavy atom. The van der Waals surface area contributed by atoms with Crippen molar-refractivity contribution in [1.29, 1.82) is 0 Å². The van der Waals surface area contributed by atoms with Crippen molar-refractivity contribution in [3.63, 3.8) is 0 Å². The van der Waals surface area contributed by atoms with E-state index in [1.54, 1.807) is 11.7 Å². The van der Waals surface area contributed by atoms with Crippen LogP contribution in [0.2, 0.25) is 0 Å². The Balaban J connectivity index is 1.79. The smallest absolute Gasteiger partial charge is 0.360 e. The summed E-state index contributed by atoms with van der Waals surface area (Å²) in [5.74, 6) is 0.0794. The minimum Gasteiger partial charge on any atom is -0.464 e. The molecule has 0 fully saturated rings. The van der Waals surface area contributed by atoms with Gasteiger partial charge in [0.1, 0.15) is 5.82 Å². The Labute approximate surface area is 139 Å². The Kier molecular flexibility index (Phi) is 5.88. The number of methoxy groups -OCH3 is 1. The van der Waals surface area contributed by atoms with Crippen molar-refractivity contribution in [3.05, 3.63) is 23.7 Å². The molecule has 10 heteroatoms. The Bertz CT molecular complexity index is 707. The van der Waals surface area contributed by atoms with Crippen LogP contribution in [0, 0.1) is 0 Å². The van der Waals surface area contributed by atoms with Crippen LogP contribution in [-0.4, -0.2) is 50.4 Å². The highest BCUT2D eigenvalue weighted by molar-refractivity contribution is 5.88. The highest BCUT2D eigenvalue weighted by Gasteiger charge is 2.11. The van der Waals surface area contributed by atoms with E-state index in [1.807, 2.05) is 6.07 Å². The van der Waals surface area contributed by atoms with Gasteiger partial charge >= 0.3 is 12.0 Å². The van der Waals surface area contributed by atoms with Gasteiger partial charge in [0.15, 0.2) is 5.69 Å². The van der Waals surface area contributed by atoms with Crippen molar-refractivity contribution >= 4 is 17.8 Å². The maximum atomic E-state index is 11.9. The third kappa shape index (κ3) is 4.54. The fourth-order valence-corrected chi connectivity index (χ4v) is 2.07. The molecule has 0 saturated carbocycles. The molecular weight excluding hydrogens is 314 g/mol. The summed E-state index contributed by atoms with van der Waals surface area (Å²) < 4.78 is 7.63. The molecule has 0 saturated heterocycles. The summed E-state index contributed by atoms with van der Waals surface area (Å²) in [6, 6.07) is 1.51. The van der Waals surface area contributed by atoms with Gasteiger partial charge in [0.2, 0.25) is 0 Å². The monoisotopic (exact) mass is 335 g/mol. The number of urea groups is 1. The normalized spacial score (nSPS) is 10.5. The molecular formula is C14H21N7O3. The minimum absolute atomic E-state index is 0.125. The van der Waals surface area contributed by atoms with Crippen molar-refractivity contribution in [2.45, 2.75) is 26.3 Å². The van der Waals surface area contributed by atoms with Crippen LogP contribution < -0.4 is 10.6 Å². The number of anilines is 1. The van der Waals surface area contributed by atoms with Crippen molar-refractivity contribution in [2.24, 2.45) is 7.05 Å². The van der Waals surface area contributed by atoms with Gasteiger partial charge in [-0.25, -0.2) is 14.3 Å². The van der Waals surface area contributed by atoms with Gasteiger partial charge in [0, 0.05) is 19.7 Å². The summed E-state index contributed by atoms with van der Waals surface area (Å²) in [6.45, 7) is 2.78. The van der Waals surface area contributed by atoms with Crippen LogP contribution in [0.5, 0.6) is 0 Å². The van der Waals surface area contributed by atoms with Crippen LogP contribution in [0.15, 0.2) is 12.3 Å². The number of amides is 2. The summed E-state index contributed by atoms with van der Waals surface area (Å²) in [5, 5.41) is 17.2. The summed E-state index contributed by atoms with van der Waals surface area (Å²) in [5.41, 5.74) is 1.06. The molecule has 0 atom stereocenters. The van der Waals surface area contributed by atoms with Gasteiger partial charge in [-0.15, -0.1) is 5.10 Å². The molecule has 0 aliphatic carbocycles. The first-order valence-electron chi connectivity index (χ1n) is 7.59. The number of aryl methyl sites for hydroxylation is 2. The second-order valence-corrected chi connectivity index (χ2v) is 5.13. The molecule has 2 amide bonds. The van der Waals surface area contributed by atoms with Crippen LogP contribution in [0.1, 0.15) is 29.5 Å². The number of esters is 1. The number of carbonyl (C=O) groups excluding carboxylic acids is 2. The number of rotatable bonds is 7. The fraction of sp³-hybridized carbons (Fsp3) is 0.500. The molecule has 0 aromatic carbocycles. The Morgan fingerprint density at radius 1 is 1.38 bits per heavy atom. The summed E-state index contributed by atoms with van der Waals surface area (Å²) >= 11 is 0. The number of nitrogens with zero attached hydrogens (tertiary/aromatic N) is 5. The van der Waals surface area contributed by atoms with Gasteiger partial charge in [-0.05, 0) is 6.42 Å². The van der Waals surface area contributed by atoms with Gasteiger partial charge < -0.3 is 10.1 Å². The summed E-state index contributed by atoms with van der Waals surface area (Å²) in [4.78, 5) is 23.2. The lowest BCUT2D eigenvalue weighted by atomic mass is 10.2. The molecule has 2 heterocycles. The third-order valence-corrected chi connectivity index (χ3v) is 3.24. The molecule has 130 valence electrons. The molecule has 0 spiro atoms. The second kappa shape index (κ2) is 8.09. The zero-order chi connectivity index (χ0) is 17.5. The molecule has 2 aromatic rings. The van der Waals surface area contributed by atoms with E-state index in [1.165, 1.54) is 18.0 Å². The number of hydrogen-bond donors (Lipinski definition) is 2. The van der Waals surface area contributed by atoms with E-state index in [0.29, 0.717) is 18.9 Å². The van der Waals surface area contributed by atoms with E-state index in [0.717, 1.165) is 18.5 Å². The van der Waals surface area contributed by atoms with Crippen molar-refractivity contribution in [1.82, 2.24) is 30.1 Å². The van der Waals surface area contributed by atoms with E-state index in [2.05, 4.69) is 37.7 Å².